The van der Waals surface area contributed by atoms with Crippen molar-refractivity contribution in [3.63, 3.8) is 0 Å². The Kier molecular flexibility index (Phi) is 6.91. The van der Waals surface area contributed by atoms with E-state index in [1.807, 2.05) is 18.2 Å². The fourth-order valence-corrected chi connectivity index (χ4v) is 3.21. The molecule has 8 nitrogen and oxygen atoms in total. The minimum atomic E-state index is -0.125. The van der Waals surface area contributed by atoms with Crippen molar-refractivity contribution in [2.24, 2.45) is 0 Å². The molecule has 28 heavy (non-hydrogen) atoms. The van der Waals surface area contributed by atoms with Crippen LogP contribution in [0.2, 0.25) is 0 Å². The first-order chi connectivity index (χ1) is 13.6. The number of amides is 2. The third-order valence-electron chi connectivity index (χ3n) is 4.43. The molecule has 1 aliphatic rings. The molecule has 1 atom stereocenters. The second-order valence-corrected chi connectivity index (χ2v) is 7.28. The van der Waals surface area contributed by atoms with Crippen molar-refractivity contribution in [2.45, 2.75) is 25.5 Å². The number of carbonyl (C=O) groups excluding carboxylic acids is 1. The maximum atomic E-state index is 12.6. The summed E-state index contributed by atoms with van der Waals surface area (Å²) in [4.78, 5) is 22.6. The Morgan fingerprint density at radius 2 is 2.00 bits per heavy atom. The van der Waals surface area contributed by atoms with Crippen LogP contribution in [-0.4, -0.2) is 54.3 Å². The molecule has 1 aromatic heterocycles. The summed E-state index contributed by atoms with van der Waals surface area (Å²) in [6, 6.07) is 5.77. The van der Waals surface area contributed by atoms with Gasteiger partial charge < -0.3 is 24.4 Å². The minimum absolute atomic E-state index is 0.123. The van der Waals surface area contributed by atoms with Gasteiger partial charge in [-0.05, 0) is 46.5 Å². The van der Waals surface area contributed by atoms with Crippen LogP contribution in [0.5, 0.6) is 17.5 Å². The van der Waals surface area contributed by atoms with Gasteiger partial charge >= 0.3 is 12.0 Å². The van der Waals surface area contributed by atoms with Crippen LogP contribution in [0.3, 0.4) is 0 Å². The Bertz CT molecular complexity index is 803. The molecule has 150 valence electrons. The van der Waals surface area contributed by atoms with E-state index in [0.29, 0.717) is 37.1 Å². The highest BCUT2D eigenvalue weighted by Gasteiger charge is 2.25. The summed E-state index contributed by atoms with van der Waals surface area (Å²) in [7, 11) is 3.18. The number of urea groups is 1. The first kappa shape index (κ1) is 20.2. The first-order valence-corrected chi connectivity index (χ1v) is 9.76. The average Bonchev–Trinajstić information content (AvgIpc) is 2.73. The topological polar surface area (TPSA) is 85.8 Å². The molecule has 1 saturated heterocycles. The van der Waals surface area contributed by atoms with Gasteiger partial charge in [0.25, 0.3) is 0 Å². The first-order valence-electron chi connectivity index (χ1n) is 8.97. The van der Waals surface area contributed by atoms with Crippen LogP contribution in [0.15, 0.2) is 35.1 Å². The molecule has 1 aliphatic heterocycles. The van der Waals surface area contributed by atoms with Gasteiger partial charge in [0.05, 0.1) is 25.2 Å². The summed E-state index contributed by atoms with van der Waals surface area (Å²) in [6.07, 6.45) is 4.88. The van der Waals surface area contributed by atoms with E-state index in [2.05, 4.69) is 31.2 Å². The second kappa shape index (κ2) is 9.59. The Balaban J connectivity index is 1.53. The van der Waals surface area contributed by atoms with E-state index >= 15 is 0 Å². The van der Waals surface area contributed by atoms with E-state index < -0.39 is 0 Å². The molecule has 1 fully saturated rings. The van der Waals surface area contributed by atoms with Crippen LogP contribution in [0.4, 0.5) is 4.79 Å². The smallest absolute Gasteiger partial charge is 0.317 e. The van der Waals surface area contributed by atoms with Crippen molar-refractivity contribution < 1.29 is 19.0 Å². The largest absolute Gasteiger partial charge is 0.493 e. The number of hydrogen-bond acceptors (Lipinski definition) is 6. The van der Waals surface area contributed by atoms with Crippen LogP contribution in [0, 0.1) is 0 Å². The molecule has 1 unspecified atom stereocenters. The molecular formula is C19H23BrN4O4. The van der Waals surface area contributed by atoms with Crippen molar-refractivity contribution in [1.82, 2.24) is 20.2 Å². The van der Waals surface area contributed by atoms with Gasteiger partial charge in [0.1, 0.15) is 6.10 Å². The lowest BCUT2D eigenvalue weighted by atomic mass is 10.1. The third kappa shape index (κ3) is 5.25. The van der Waals surface area contributed by atoms with Gasteiger partial charge in [-0.3, -0.25) is 0 Å². The summed E-state index contributed by atoms with van der Waals surface area (Å²) >= 11 is 3.30. The lowest BCUT2D eigenvalue weighted by molar-refractivity contribution is 0.0937. The lowest BCUT2D eigenvalue weighted by Crippen LogP contribution is -2.48. The molecule has 1 N–H and O–H groups in total. The zero-order valence-corrected chi connectivity index (χ0v) is 17.4. The quantitative estimate of drug-likeness (QED) is 0.727. The maximum absolute atomic E-state index is 12.6. The van der Waals surface area contributed by atoms with Crippen LogP contribution in [0.25, 0.3) is 0 Å². The fraction of sp³-hybridized carbons (Fsp3) is 0.421. The zero-order valence-electron chi connectivity index (χ0n) is 15.9. The van der Waals surface area contributed by atoms with Crippen molar-refractivity contribution in [1.29, 1.82) is 0 Å². The summed E-state index contributed by atoms with van der Waals surface area (Å²) < 4.78 is 17.1. The molecule has 0 radical (unpaired) electrons. The van der Waals surface area contributed by atoms with Crippen LogP contribution >= 0.6 is 15.9 Å². The standard InChI is InChI=1S/C19H23BrN4O4/c1-26-16-6-5-13(8-17(16)27-2)9-23-19(25)24-7-3-4-15(12-24)28-18-21-10-14(20)11-22-18/h5-6,8,10-11,15H,3-4,7,9,12H2,1-2H3,(H,23,25). The zero-order chi connectivity index (χ0) is 19.9. The molecule has 2 amide bonds. The van der Waals surface area contributed by atoms with Crippen molar-refractivity contribution in [3.05, 3.63) is 40.6 Å². The number of benzene rings is 1. The van der Waals surface area contributed by atoms with E-state index in [1.54, 1.807) is 31.5 Å². The number of halogens is 1. The van der Waals surface area contributed by atoms with E-state index in [0.717, 1.165) is 22.9 Å². The van der Waals surface area contributed by atoms with E-state index in [1.165, 1.54) is 0 Å². The SMILES string of the molecule is COc1ccc(CNC(=O)N2CCCC(Oc3ncc(Br)cn3)C2)cc1OC. The van der Waals surface area contributed by atoms with Crippen LogP contribution in [-0.2, 0) is 6.54 Å². The Labute approximate surface area is 172 Å². The van der Waals surface area contributed by atoms with Crippen LogP contribution in [0.1, 0.15) is 18.4 Å². The number of piperidine rings is 1. The van der Waals surface area contributed by atoms with Gasteiger partial charge in [-0.1, -0.05) is 6.07 Å². The predicted octanol–water partition coefficient (Wildman–Crippen LogP) is 3.01. The number of rotatable bonds is 6. The molecule has 3 rings (SSSR count). The van der Waals surface area contributed by atoms with Gasteiger partial charge in [-0.25, -0.2) is 14.8 Å². The van der Waals surface area contributed by atoms with Gasteiger partial charge in [0, 0.05) is 25.5 Å². The highest BCUT2D eigenvalue weighted by molar-refractivity contribution is 9.10. The van der Waals surface area contributed by atoms with E-state index in [4.69, 9.17) is 14.2 Å². The number of likely N-dealkylation sites (tertiary alicyclic amines) is 1. The number of methoxy groups -OCH3 is 2. The number of aromatic nitrogens is 2. The van der Waals surface area contributed by atoms with Gasteiger partial charge in [0.15, 0.2) is 11.5 Å². The Morgan fingerprint density at radius 3 is 2.71 bits per heavy atom. The second-order valence-electron chi connectivity index (χ2n) is 6.36. The summed E-state index contributed by atoms with van der Waals surface area (Å²) in [5.74, 6) is 1.29. The molecule has 0 bridgehead atoms. The van der Waals surface area contributed by atoms with Crippen LogP contribution < -0.4 is 19.5 Å². The van der Waals surface area contributed by atoms with E-state index in [9.17, 15) is 4.79 Å². The Hall–Kier alpha value is -2.55. The monoisotopic (exact) mass is 450 g/mol. The van der Waals surface area contributed by atoms with Crippen molar-refractivity contribution in [2.75, 3.05) is 27.3 Å². The molecule has 9 heteroatoms. The number of carbonyl (C=O) groups is 1. The Morgan fingerprint density at radius 1 is 1.25 bits per heavy atom. The molecule has 2 aromatic rings. The van der Waals surface area contributed by atoms with E-state index in [-0.39, 0.29) is 12.1 Å². The highest BCUT2D eigenvalue weighted by atomic mass is 79.9. The molecule has 1 aromatic carbocycles. The summed E-state index contributed by atoms with van der Waals surface area (Å²) in [5.41, 5.74) is 0.930. The van der Waals surface area contributed by atoms with Gasteiger partial charge in [0.2, 0.25) is 0 Å². The molecule has 0 spiro atoms. The maximum Gasteiger partial charge on any atom is 0.317 e. The number of nitrogens with zero attached hydrogens (tertiary/aromatic N) is 3. The normalized spacial score (nSPS) is 16.4. The number of ether oxygens (including phenoxy) is 3. The number of hydrogen-bond donors (Lipinski definition) is 1. The molecular weight excluding hydrogens is 428 g/mol. The predicted molar refractivity (Wildman–Crippen MR) is 107 cm³/mol. The van der Waals surface area contributed by atoms with Gasteiger partial charge in [-0.2, -0.15) is 0 Å². The van der Waals surface area contributed by atoms with Gasteiger partial charge in [-0.15, -0.1) is 0 Å². The molecule has 0 aliphatic carbocycles. The minimum Gasteiger partial charge on any atom is -0.493 e. The summed E-state index contributed by atoms with van der Waals surface area (Å²) in [6.45, 7) is 1.59. The summed E-state index contributed by atoms with van der Waals surface area (Å²) in [5, 5.41) is 2.95. The highest BCUT2D eigenvalue weighted by Crippen LogP contribution is 2.27. The molecule has 0 saturated carbocycles. The van der Waals surface area contributed by atoms with Crippen molar-refractivity contribution in [3.8, 4) is 17.5 Å². The van der Waals surface area contributed by atoms with Crippen molar-refractivity contribution >= 4 is 22.0 Å². The lowest BCUT2D eigenvalue weighted by Gasteiger charge is -2.32. The third-order valence-corrected chi connectivity index (χ3v) is 4.84. The average molecular weight is 451 g/mol. The fourth-order valence-electron chi connectivity index (χ4n) is 3.01. The number of nitrogens with one attached hydrogen (secondary N) is 1. The molecule has 2 heterocycles.